The van der Waals surface area contributed by atoms with Crippen molar-refractivity contribution >= 4 is 29.1 Å². The van der Waals surface area contributed by atoms with E-state index in [1.165, 1.54) is 4.90 Å². The molecule has 4 heterocycles. The van der Waals surface area contributed by atoms with Gasteiger partial charge in [0.15, 0.2) is 0 Å². The minimum Gasteiger partial charge on any atom is -0.490 e. The Labute approximate surface area is 311 Å². The number of halogens is 6. The van der Waals surface area contributed by atoms with Gasteiger partial charge in [-0.1, -0.05) is 31.5 Å². The molecule has 54 heavy (non-hydrogen) atoms. The summed E-state index contributed by atoms with van der Waals surface area (Å²) in [6.07, 6.45) is -7.85. The minimum absolute atomic E-state index is 0.00108. The summed E-state index contributed by atoms with van der Waals surface area (Å²) in [7, 11) is 0. The van der Waals surface area contributed by atoms with Gasteiger partial charge < -0.3 is 29.5 Å². The van der Waals surface area contributed by atoms with Crippen LogP contribution >= 0.6 is 11.3 Å². The Kier molecular flexibility index (Phi) is 12.2. The molecule has 2 aliphatic rings. The number of benzene rings is 1. The number of amides is 2. The van der Waals surface area contributed by atoms with Crippen molar-refractivity contribution < 1.29 is 60.4 Å². The monoisotopic (exact) mass is 785 g/mol. The first-order valence-electron chi connectivity index (χ1n) is 17.6. The Balaban J connectivity index is 1.48. The number of carboxylic acids is 1. The molecule has 2 aliphatic heterocycles. The number of carbonyl (C=O) groups is 3. The fraction of sp³-hybridized carbons (Fsp3) is 0.514. The zero-order chi connectivity index (χ0) is 39.5. The van der Waals surface area contributed by atoms with E-state index in [-0.39, 0.29) is 70.3 Å². The summed E-state index contributed by atoms with van der Waals surface area (Å²) in [5, 5.41) is 22.1. The summed E-state index contributed by atoms with van der Waals surface area (Å²) in [6, 6.07) is 6.98. The van der Waals surface area contributed by atoms with Gasteiger partial charge in [0, 0.05) is 61.9 Å². The maximum absolute atomic E-state index is 14.9. The van der Waals surface area contributed by atoms with Gasteiger partial charge in [-0.15, -0.1) is 11.3 Å². The highest BCUT2D eigenvalue weighted by atomic mass is 32.1. The van der Waals surface area contributed by atoms with E-state index < -0.39 is 69.5 Å². The number of nitrogens with zero attached hydrogens (tertiary/aromatic N) is 3. The van der Waals surface area contributed by atoms with Gasteiger partial charge in [-0.3, -0.25) is 19.4 Å². The highest BCUT2D eigenvalue weighted by Gasteiger charge is 2.56. The summed E-state index contributed by atoms with van der Waals surface area (Å²) < 4.78 is 95.5. The number of hydrogen-bond donors (Lipinski definition) is 2. The van der Waals surface area contributed by atoms with Gasteiger partial charge >= 0.3 is 18.3 Å². The van der Waals surface area contributed by atoms with E-state index in [1.807, 2.05) is 0 Å². The number of thiophene rings is 1. The van der Waals surface area contributed by atoms with Gasteiger partial charge in [-0.25, -0.2) is 0 Å². The number of hydrogen-bond acceptors (Lipinski definition) is 8. The van der Waals surface area contributed by atoms with Crippen LogP contribution in [0, 0.1) is 0 Å². The molecule has 294 valence electrons. The number of alkyl halides is 6. The number of pyridine rings is 1. The van der Waals surface area contributed by atoms with E-state index in [0.29, 0.717) is 35.1 Å². The van der Waals surface area contributed by atoms with Gasteiger partial charge in [-0.2, -0.15) is 26.3 Å². The average Bonchev–Trinajstić information content (AvgIpc) is 3.60. The van der Waals surface area contributed by atoms with E-state index >= 15 is 0 Å². The van der Waals surface area contributed by atoms with Crippen molar-refractivity contribution in [3.8, 4) is 11.5 Å². The highest BCUT2D eigenvalue weighted by molar-refractivity contribution is 7.10. The van der Waals surface area contributed by atoms with Gasteiger partial charge in [0.25, 0.3) is 11.8 Å². The van der Waals surface area contributed by atoms with Crippen LogP contribution in [-0.4, -0.2) is 80.2 Å². The molecule has 0 aliphatic carbocycles. The molecule has 2 aromatic heterocycles. The Morgan fingerprint density at radius 3 is 2.37 bits per heavy atom. The Hall–Kier alpha value is -4.38. The van der Waals surface area contributed by atoms with Crippen LogP contribution in [0.1, 0.15) is 91.6 Å². The molecule has 2 fully saturated rings. The summed E-state index contributed by atoms with van der Waals surface area (Å²) >= 11 is 0.359. The first kappa shape index (κ1) is 40.8. The molecule has 3 aromatic rings. The third-order valence-electron chi connectivity index (χ3n) is 9.92. The standard InChI is InChI=1S/C37H41F6N3O7S/c1-3-7-29-35(53-24-20-30(54-22-24)37(41,42)43,13-6-17-46(29)32(49)25-21-44-16-12-26(25)36(38,39)40)33(50)45-18-14-34(51,15-19-45)27-8-4-5-9-28(27)52-23(2)10-11-31(47)48/h4-5,8-9,12,16,20-23,29,51H,3,6-7,10-11,13-15,17-19H2,1-2H3,(H,47,48)/t23?,29-,35-/m1/s1. The lowest BCUT2D eigenvalue weighted by Crippen LogP contribution is -2.68. The quantitative estimate of drug-likeness (QED) is 0.180. The summed E-state index contributed by atoms with van der Waals surface area (Å²) in [6.45, 7) is 3.31. The third-order valence-corrected chi connectivity index (χ3v) is 10.9. The molecule has 2 saturated heterocycles. The van der Waals surface area contributed by atoms with Gasteiger partial charge in [0.2, 0.25) is 5.60 Å². The molecule has 10 nitrogen and oxygen atoms in total. The fourth-order valence-electron chi connectivity index (χ4n) is 7.27. The molecule has 0 radical (unpaired) electrons. The van der Waals surface area contributed by atoms with E-state index in [0.717, 1.165) is 28.7 Å². The maximum atomic E-state index is 14.9. The van der Waals surface area contributed by atoms with Crippen molar-refractivity contribution in [1.29, 1.82) is 0 Å². The number of aromatic nitrogens is 1. The lowest BCUT2D eigenvalue weighted by Gasteiger charge is -2.51. The van der Waals surface area contributed by atoms with Crippen LogP contribution < -0.4 is 9.47 Å². The number of carbonyl (C=O) groups excluding carboxylic acids is 2. The van der Waals surface area contributed by atoms with Gasteiger partial charge in [0.05, 0.1) is 28.9 Å². The van der Waals surface area contributed by atoms with E-state index in [9.17, 15) is 45.8 Å². The molecule has 3 atom stereocenters. The number of rotatable bonds is 12. The second-order valence-electron chi connectivity index (χ2n) is 13.6. The summed E-state index contributed by atoms with van der Waals surface area (Å²) in [5.74, 6) is -2.63. The molecule has 1 unspecified atom stereocenters. The molecule has 2 N–H and O–H groups in total. The predicted octanol–water partition coefficient (Wildman–Crippen LogP) is 7.55. The summed E-state index contributed by atoms with van der Waals surface area (Å²) in [5.41, 5.74) is -5.01. The molecular weight excluding hydrogens is 744 g/mol. The van der Waals surface area contributed by atoms with Crippen LogP contribution in [0.2, 0.25) is 0 Å². The number of aliphatic hydroxyl groups is 1. The molecule has 17 heteroatoms. The van der Waals surface area contributed by atoms with Crippen molar-refractivity contribution in [3.05, 3.63) is 75.7 Å². The largest absolute Gasteiger partial charge is 0.490 e. The van der Waals surface area contributed by atoms with Crippen LogP contribution in [-0.2, 0) is 27.5 Å². The van der Waals surface area contributed by atoms with Crippen LogP contribution in [0.3, 0.4) is 0 Å². The zero-order valence-corrected chi connectivity index (χ0v) is 30.4. The summed E-state index contributed by atoms with van der Waals surface area (Å²) in [4.78, 5) is 45.3. The number of likely N-dealkylation sites (tertiary alicyclic amines) is 2. The first-order chi connectivity index (χ1) is 25.4. The van der Waals surface area contributed by atoms with Crippen LogP contribution in [0.15, 0.2) is 54.2 Å². The van der Waals surface area contributed by atoms with Crippen molar-refractivity contribution in [2.75, 3.05) is 19.6 Å². The molecule has 0 saturated carbocycles. The van der Waals surface area contributed by atoms with Crippen molar-refractivity contribution in [2.24, 2.45) is 0 Å². The van der Waals surface area contributed by atoms with E-state index in [2.05, 4.69) is 4.98 Å². The van der Waals surface area contributed by atoms with Crippen LogP contribution in [0.5, 0.6) is 11.5 Å². The first-order valence-corrected chi connectivity index (χ1v) is 18.4. The predicted molar refractivity (Wildman–Crippen MR) is 184 cm³/mol. The number of aliphatic carboxylic acids is 1. The van der Waals surface area contributed by atoms with E-state index in [1.54, 1.807) is 38.1 Å². The van der Waals surface area contributed by atoms with Crippen molar-refractivity contribution in [1.82, 2.24) is 14.8 Å². The van der Waals surface area contributed by atoms with Gasteiger partial charge in [-0.05, 0) is 51.2 Å². The normalized spacial score (nSPS) is 21.0. The molecular formula is C37H41F6N3O7S. The SMILES string of the molecule is CCC[C@H]1N(C(=O)c2cnccc2C(F)(F)F)CCC[C@]1(Oc1csc(C(F)(F)F)c1)C(=O)N1CCC(O)(c2ccccc2OC(C)CCC(=O)O)CC1. The van der Waals surface area contributed by atoms with E-state index in [4.69, 9.17) is 14.6 Å². The molecule has 0 bridgehead atoms. The lowest BCUT2D eigenvalue weighted by atomic mass is 9.78. The smallest absolute Gasteiger partial charge is 0.425 e. The number of para-hydroxylation sites is 1. The maximum Gasteiger partial charge on any atom is 0.425 e. The van der Waals surface area contributed by atoms with Gasteiger partial charge in [0.1, 0.15) is 16.4 Å². The van der Waals surface area contributed by atoms with Crippen molar-refractivity contribution in [3.63, 3.8) is 0 Å². The third kappa shape index (κ3) is 8.77. The number of ether oxygens (including phenoxy) is 2. The van der Waals surface area contributed by atoms with Crippen molar-refractivity contribution in [2.45, 2.75) is 101 Å². The number of carboxylic acid groups (broad SMARTS) is 1. The molecule has 5 rings (SSSR count). The van der Waals surface area contributed by atoms with Crippen LogP contribution in [0.25, 0.3) is 0 Å². The lowest BCUT2D eigenvalue weighted by molar-refractivity contribution is -0.163. The zero-order valence-electron chi connectivity index (χ0n) is 29.6. The Morgan fingerprint density at radius 1 is 1.04 bits per heavy atom. The molecule has 2 amide bonds. The second kappa shape index (κ2) is 16.2. The topological polar surface area (TPSA) is 130 Å². The minimum atomic E-state index is -4.90. The van der Waals surface area contributed by atoms with Crippen LogP contribution in [0.4, 0.5) is 26.3 Å². The average molecular weight is 786 g/mol. The Morgan fingerprint density at radius 2 is 1.74 bits per heavy atom. The Bertz CT molecular complexity index is 1810. The second-order valence-corrected chi connectivity index (χ2v) is 14.6. The molecule has 1 aromatic carbocycles. The fourth-order valence-corrected chi connectivity index (χ4v) is 7.95. The number of piperidine rings is 2. The highest BCUT2D eigenvalue weighted by Crippen LogP contribution is 2.44. The molecule has 0 spiro atoms.